The summed E-state index contributed by atoms with van der Waals surface area (Å²) in [6.07, 6.45) is -4.51. The molecule has 1 saturated heterocycles. The van der Waals surface area contributed by atoms with E-state index >= 15 is 0 Å². The molecule has 28 heavy (non-hydrogen) atoms. The predicted octanol–water partition coefficient (Wildman–Crippen LogP) is 6.14. The quantitative estimate of drug-likeness (QED) is 0.501. The smallest absolute Gasteiger partial charge is 0.369 e. The third kappa shape index (κ3) is 3.83. The lowest BCUT2D eigenvalue weighted by Gasteiger charge is -2.34. The largest absolute Gasteiger partial charge is 0.420 e. The minimum absolute atomic E-state index is 0.0702. The van der Waals surface area contributed by atoms with Gasteiger partial charge < -0.3 is 4.90 Å². The Labute approximate surface area is 165 Å². The van der Waals surface area contributed by atoms with Crippen molar-refractivity contribution >= 4 is 21.6 Å². The van der Waals surface area contributed by atoms with Crippen LogP contribution in [0.5, 0.6) is 0 Å². The topological polar surface area (TPSA) is 27.0 Å². The number of nitrogens with zero attached hydrogens (tertiary/aromatic N) is 2. The standard InChI is InChI=1S/C19H13BrF6N2/c20-12-7-13(21)16(14(22)8-12)10-3-5-28(6-4-10)15-2-1-11(9-27)17(18(15)23)19(24,25)26/h1-2,7-8,10H,3-6H2. The van der Waals surface area contributed by atoms with Gasteiger partial charge in [-0.3, -0.25) is 0 Å². The predicted molar refractivity (Wildman–Crippen MR) is 94.4 cm³/mol. The van der Waals surface area contributed by atoms with Crippen molar-refractivity contribution in [3.8, 4) is 6.07 Å². The molecule has 0 aromatic heterocycles. The van der Waals surface area contributed by atoms with Gasteiger partial charge in [-0.1, -0.05) is 15.9 Å². The second kappa shape index (κ2) is 7.66. The van der Waals surface area contributed by atoms with E-state index in [2.05, 4.69) is 15.9 Å². The Hall–Kier alpha value is -2.21. The first-order valence-corrected chi connectivity index (χ1v) is 9.12. The van der Waals surface area contributed by atoms with Crippen LogP contribution in [0, 0.1) is 28.8 Å². The van der Waals surface area contributed by atoms with E-state index in [1.54, 1.807) is 0 Å². The molecule has 3 rings (SSSR count). The highest BCUT2D eigenvalue weighted by molar-refractivity contribution is 9.10. The zero-order chi connectivity index (χ0) is 20.6. The molecule has 1 heterocycles. The maximum absolute atomic E-state index is 14.6. The zero-order valence-electron chi connectivity index (χ0n) is 14.3. The number of anilines is 1. The summed E-state index contributed by atoms with van der Waals surface area (Å²) >= 11 is 3.01. The van der Waals surface area contributed by atoms with Crippen molar-refractivity contribution in [3.05, 3.63) is 62.9 Å². The van der Waals surface area contributed by atoms with Crippen LogP contribution in [0.4, 0.5) is 32.0 Å². The van der Waals surface area contributed by atoms with Crippen LogP contribution in [0.25, 0.3) is 0 Å². The monoisotopic (exact) mass is 462 g/mol. The van der Waals surface area contributed by atoms with Gasteiger partial charge in [0.25, 0.3) is 0 Å². The van der Waals surface area contributed by atoms with E-state index in [1.807, 2.05) is 0 Å². The molecule has 0 radical (unpaired) electrons. The minimum Gasteiger partial charge on any atom is -0.369 e. The number of benzene rings is 2. The second-order valence-corrected chi connectivity index (χ2v) is 7.39. The van der Waals surface area contributed by atoms with Crippen molar-refractivity contribution in [2.24, 2.45) is 0 Å². The molecule has 1 fully saturated rings. The highest BCUT2D eigenvalue weighted by atomic mass is 79.9. The van der Waals surface area contributed by atoms with Crippen LogP contribution in [-0.2, 0) is 6.18 Å². The van der Waals surface area contributed by atoms with E-state index in [4.69, 9.17) is 5.26 Å². The van der Waals surface area contributed by atoms with Gasteiger partial charge in [-0.25, -0.2) is 13.2 Å². The molecule has 9 heteroatoms. The number of nitriles is 1. The van der Waals surface area contributed by atoms with Gasteiger partial charge >= 0.3 is 6.18 Å². The Morgan fingerprint density at radius 3 is 2.11 bits per heavy atom. The number of alkyl halides is 3. The Balaban J connectivity index is 1.86. The fraction of sp³-hybridized carbons (Fsp3) is 0.316. The minimum atomic E-state index is -5.01. The molecule has 0 bridgehead atoms. The van der Waals surface area contributed by atoms with Gasteiger partial charge in [-0.15, -0.1) is 0 Å². The van der Waals surface area contributed by atoms with Gasteiger partial charge in [0.1, 0.15) is 17.2 Å². The third-order valence-electron chi connectivity index (χ3n) is 4.81. The molecule has 0 spiro atoms. The van der Waals surface area contributed by atoms with Gasteiger partial charge in [0, 0.05) is 23.1 Å². The molecular formula is C19H13BrF6N2. The van der Waals surface area contributed by atoms with Crippen LogP contribution in [0.1, 0.15) is 35.4 Å². The van der Waals surface area contributed by atoms with Crippen molar-refractivity contribution in [2.75, 3.05) is 18.0 Å². The van der Waals surface area contributed by atoms with Gasteiger partial charge in [-0.2, -0.15) is 18.4 Å². The lowest BCUT2D eigenvalue weighted by molar-refractivity contribution is -0.140. The molecule has 0 atom stereocenters. The first-order valence-electron chi connectivity index (χ1n) is 8.32. The van der Waals surface area contributed by atoms with E-state index in [0.29, 0.717) is 0 Å². The Kier molecular flexibility index (Phi) is 5.62. The summed E-state index contributed by atoms with van der Waals surface area (Å²) in [5, 5.41) is 8.84. The second-order valence-electron chi connectivity index (χ2n) is 6.48. The van der Waals surface area contributed by atoms with Gasteiger partial charge in [0.05, 0.1) is 17.3 Å². The third-order valence-corrected chi connectivity index (χ3v) is 5.27. The molecule has 0 aliphatic carbocycles. The maximum Gasteiger partial charge on any atom is 0.420 e. The highest BCUT2D eigenvalue weighted by Gasteiger charge is 2.39. The maximum atomic E-state index is 14.6. The van der Waals surface area contributed by atoms with Gasteiger partial charge in [0.15, 0.2) is 5.82 Å². The van der Waals surface area contributed by atoms with Crippen molar-refractivity contribution in [1.82, 2.24) is 0 Å². The summed E-state index contributed by atoms with van der Waals surface area (Å²) in [6, 6.07) is 5.72. The first kappa shape index (κ1) is 20.5. The van der Waals surface area contributed by atoms with Crippen molar-refractivity contribution in [2.45, 2.75) is 24.9 Å². The fourth-order valence-corrected chi connectivity index (χ4v) is 3.93. The molecular weight excluding hydrogens is 450 g/mol. The average molecular weight is 463 g/mol. The molecule has 1 aliphatic heterocycles. The molecule has 0 N–H and O–H groups in total. The number of hydrogen-bond acceptors (Lipinski definition) is 2. The van der Waals surface area contributed by atoms with E-state index in [1.165, 1.54) is 11.0 Å². The van der Waals surface area contributed by atoms with E-state index in [9.17, 15) is 26.3 Å². The van der Waals surface area contributed by atoms with Gasteiger partial charge in [-0.05, 0) is 43.0 Å². The van der Waals surface area contributed by atoms with E-state index in [-0.39, 0.29) is 41.7 Å². The zero-order valence-corrected chi connectivity index (χ0v) is 15.8. The van der Waals surface area contributed by atoms with Crippen LogP contribution < -0.4 is 4.90 Å². The Morgan fingerprint density at radius 2 is 1.61 bits per heavy atom. The van der Waals surface area contributed by atoms with Crippen molar-refractivity contribution in [1.29, 1.82) is 5.26 Å². The highest BCUT2D eigenvalue weighted by Crippen LogP contribution is 2.40. The first-order chi connectivity index (χ1) is 13.1. The molecule has 2 aromatic rings. The Morgan fingerprint density at radius 1 is 1.04 bits per heavy atom. The van der Waals surface area contributed by atoms with Crippen LogP contribution >= 0.6 is 15.9 Å². The van der Waals surface area contributed by atoms with Crippen LogP contribution in [0.15, 0.2) is 28.7 Å². The molecule has 0 saturated carbocycles. The normalized spacial score (nSPS) is 15.6. The average Bonchev–Trinajstić information content (AvgIpc) is 2.60. The number of halogens is 7. The fourth-order valence-electron chi connectivity index (χ4n) is 3.53. The van der Waals surface area contributed by atoms with Crippen molar-refractivity contribution in [3.63, 3.8) is 0 Å². The Bertz CT molecular complexity index is 920. The van der Waals surface area contributed by atoms with E-state index in [0.717, 1.165) is 24.3 Å². The summed E-state index contributed by atoms with van der Waals surface area (Å²) in [4.78, 5) is 1.40. The van der Waals surface area contributed by atoms with Crippen molar-refractivity contribution < 1.29 is 26.3 Å². The van der Waals surface area contributed by atoms with E-state index < -0.39 is 40.7 Å². The summed E-state index contributed by atoms with van der Waals surface area (Å²) in [7, 11) is 0. The summed E-state index contributed by atoms with van der Waals surface area (Å²) in [5.74, 6) is -3.37. The van der Waals surface area contributed by atoms with Gasteiger partial charge in [0.2, 0.25) is 0 Å². The summed E-state index contributed by atoms with van der Waals surface area (Å²) in [6.45, 7) is 0.249. The number of rotatable bonds is 2. The SMILES string of the molecule is N#Cc1ccc(N2CCC(c3c(F)cc(Br)cc3F)CC2)c(F)c1C(F)(F)F. The molecule has 2 nitrogen and oxygen atoms in total. The molecule has 1 aliphatic rings. The van der Waals surface area contributed by atoms with Crippen LogP contribution in [0.3, 0.4) is 0 Å². The molecule has 148 valence electrons. The molecule has 0 unspecified atom stereocenters. The number of hydrogen-bond donors (Lipinski definition) is 0. The molecule has 2 aromatic carbocycles. The van der Waals surface area contributed by atoms with Crippen LogP contribution in [0.2, 0.25) is 0 Å². The summed E-state index contributed by atoms with van der Waals surface area (Å²) in [5.41, 5.74) is -2.73. The summed E-state index contributed by atoms with van der Waals surface area (Å²) < 4.78 is 82.6. The lowest BCUT2D eigenvalue weighted by atomic mass is 9.88. The number of piperidine rings is 1. The molecule has 0 amide bonds. The lowest BCUT2D eigenvalue weighted by Crippen LogP contribution is -2.34. The van der Waals surface area contributed by atoms with Crippen LogP contribution in [-0.4, -0.2) is 13.1 Å².